The molecule has 6 heteroatoms. The van der Waals surface area contributed by atoms with Crippen LogP contribution in [0.15, 0.2) is 73.1 Å². The predicted octanol–water partition coefficient (Wildman–Crippen LogP) is 5.29. The van der Waals surface area contributed by atoms with Gasteiger partial charge in [0.25, 0.3) is 0 Å². The van der Waals surface area contributed by atoms with E-state index >= 15 is 0 Å². The van der Waals surface area contributed by atoms with Gasteiger partial charge < -0.3 is 4.74 Å². The lowest BCUT2D eigenvalue weighted by molar-refractivity contribution is 0.243. The summed E-state index contributed by atoms with van der Waals surface area (Å²) in [6.07, 6.45) is 3.62. The van der Waals surface area contributed by atoms with Crippen molar-refractivity contribution in [3.63, 3.8) is 0 Å². The highest BCUT2D eigenvalue weighted by Crippen LogP contribution is 2.24. The smallest absolute Gasteiger partial charge is 0.127 e. The van der Waals surface area contributed by atoms with Gasteiger partial charge in [-0.2, -0.15) is 5.10 Å². The third-order valence-corrected chi connectivity index (χ3v) is 5.66. The Kier molecular flexibility index (Phi) is 7.15. The Labute approximate surface area is 194 Å². The zero-order valence-electron chi connectivity index (χ0n) is 19.3. The lowest BCUT2D eigenvalue weighted by Crippen LogP contribution is -2.23. The summed E-state index contributed by atoms with van der Waals surface area (Å²) in [6, 6.07) is 19.2. The molecular weight excluding hydrogens is 415 g/mol. The molecule has 2 aromatic carbocycles. The Morgan fingerprint density at radius 3 is 2.42 bits per heavy atom. The summed E-state index contributed by atoms with van der Waals surface area (Å²) in [5.41, 5.74) is 6.07. The summed E-state index contributed by atoms with van der Waals surface area (Å²) in [5.74, 6) is 0.646. The van der Waals surface area contributed by atoms with Crippen LogP contribution in [0.3, 0.4) is 0 Å². The topological polar surface area (TPSA) is 43.2 Å². The van der Waals surface area contributed by atoms with Crippen LogP contribution < -0.4 is 4.74 Å². The summed E-state index contributed by atoms with van der Waals surface area (Å²) < 4.78 is 22.0. The molecule has 0 atom stereocenters. The van der Waals surface area contributed by atoms with Crippen molar-refractivity contribution in [1.82, 2.24) is 19.7 Å². The maximum atomic E-state index is 14.4. The fraction of sp³-hybridized carbons (Fsp3) is 0.259. The summed E-state index contributed by atoms with van der Waals surface area (Å²) in [4.78, 5) is 6.46. The first kappa shape index (κ1) is 22.7. The molecule has 5 nitrogen and oxygen atoms in total. The van der Waals surface area contributed by atoms with Gasteiger partial charge in [-0.15, -0.1) is 0 Å². The molecule has 0 aliphatic heterocycles. The molecule has 0 saturated carbocycles. The zero-order chi connectivity index (χ0) is 23.2. The second kappa shape index (κ2) is 10.4. The number of hydrogen-bond acceptors (Lipinski definition) is 4. The molecule has 33 heavy (non-hydrogen) atoms. The molecule has 0 N–H and O–H groups in total. The number of pyridine rings is 1. The molecule has 4 aromatic rings. The fourth-order valence-electron chi connectivity index (χ4n) is 4.09. The fourth-order valence-corrected chi connectivity index (χ4v) is 4.09. The number of nitrogens with zero attached hydrogens (tertiary/aromatic N) is 4. The second-order valence-corrected chi connectivity index (χ2v) is 8.33. The van der Waals surface area contributed by atoms with Crippen molar-refractivity contribution in [3.8, 4) is 5.75 Å². The highest BCUT2D eigenvalue weighted by molar-refractivity contribution is 5.38. The molecule has 0 radical (unpaired) electrons. The molecule has 0 saturated heterocycles. The van der Waals surface area contributed by atoms with Crippen molar-refractivity contribution in [2.75, 3.05) is 7.11 Å². The molecule has 0 unspecified atom stereocenters. The summed E-state index contributed by atoms with van der Waals surface area (Å²) in [7, 11) is 1.69. The quantitative estimate of drug-likeness (QED) is 0.352. The minimum atomic E-state index is -0.186. The molecule has 0 bridgehead atoms. The van der Waals surface area contributed by atoms with Crippen molar-refractivity contribution in [3.05, 3.63) is 113 Å². The average Bonchev–Trinajstić information content (AvgIpc) is 3.12. The number of hydrogen-bond donors (Lipinski definition) is 0. The molecule has 170 valence electrons. The van der Waals surface area contributed by atoms with Gasteiger partial charge in [0.05, 0.1) is 19.3 Å². The van der Waals surface area contributed by atoms with Crippen molar-refractivity contribution in [2.24, 2.45) is 0 Å². The van der Waals surface area contributed by atoms with E-state index in [-0.39, 0.29) is 5.82 Å². The first-order valence-electron chi connectivity index (χ1n) is 11.0. The maximum absolute atomic E-state index is 14.4. The van der Waals surface area contributed by atoms with Crippen LogP contribution in [0.2, 0.25) is 0 Å². The van der Waals surface area contributed by atoms with Gasteiger partial charge in [-0.05, 0) is 55.3 Å². The van der Waals surface area contributed by atoms with Crippen LogP contribution in [0.25, 0.3) is 0 Å². The van der Waals surface area contributed by atoms with Crippen molar-refractivity contribution >= 4 is 0 Å². The number of benzene rings is 2. The van der Waals surface area contributed by atoms with Crippen LogP contribution in [0, 0.1) is 19.7 Å². The minimum Gasteiger partial charge on any atom is -0.496 e. The molecule has 0 aliphatic rings. The zero-order valence-corrected chi connectivity index (χ0v) is 19.3. The number of rotatable bonds is 9. The Bertz CT molecular complexity index is 1210. The molecular formula is C27H29FN4O. The van der Waals surface area contributed by atoms with Gasteiger partial charge in [0, 0.05) is 48.8 Å². The van der Waals surface area contributed by atoms with E-state index in [0.717, 1.165) is 33.8 Å². The van der Waals surface area contributed by atoms with Crippen molar-refractivity contribution in [1.29, 1.82) is 0 Å². The van der Waals surface area contributed by atoms with Crippen LogP contribution in [0.1, 0.15) is 33.6 Å². The average molecular weight is 445 g/mol. The van der Waals surface area contributed by atoms with Gasteiger partial charge >= 0.3 is 0 Å². The van der Waals surface area contributed by atoms with Gasteiger partial charge in [0.2, 0.25) is 0 Å². The van der Waals surface area contributed by atoms with Crippen LogP contribution in [0.4, 0.5) is 4.39 Å². The van der Waals surface area contributed by atoms with E-state index in [1.54, 1.807) is 19.4 Å². The molecule has 0 fully saturated rings. The molecule has 4 rings (SSSR count). The molecule has 2 heterocycles. The first-order valence-corrected chi connectivity index (χ1v) is 11.0. The van der Waals surface area contributed by atoms with E-state index in [1.807, 2.05) is 48.1 Å². The largest absolute Gasteiger partial charge is 0.496 e. The molecule has 0 aliphatic carbocycles. The molecule has 0 spiro atoms. The summed E-state index contributed by atoms with van der Waals surface area (Å²) in [6.45, 7) is 6.52. The van der Waals surface area contributed by atoms with Gasteiger partial charge in [-0.1, -0.05) is 30.3 Å². The Balaban J connectivity index is 1.60. The predicted molar refractivity (Wildman–Crippen MR) is 127 cm³/mol. The number of methoxy groups -OCH3 is 1. The number of ether oxygens (including phenoxy) is 1. The van der Waals surface area contributed by atoms with Crippen LogP contribution in [-0.4, -0.2) is 26.8 Å². The standard InChI is InChI=1S/C27H29FN4O/c1-20-13-21(2)32(30-20)19-25-14-22(10-11-27(25)33-3)16-31(17-23-7-6-12-29-15-23)18-24-8-4-5-9-26(24)28/h4-15H,16-19H2,1-3H3. The lowest BCUT2D eigenvalue weighted by Gasteiger charge is -2.23. The highest BCUT2D eigenvalue weighted by Gasteiger charge is 2.14. The summed E-state index contributed by atoms with van der Waals surface area (Å²) >= 11 is 0. The van der Waals surface area contributed by atoms with E-state index in [0.29, 0.717) is 31.7 Å². The van der Waals surface area contributed by atoms with Crippen molar-refractivity contribution < 1.29 is 9.13 Å². The molecule has 2 aromatic heterocycles. The van der Waals surface area contributed by atoms with Crippen LogP contribution in [-0.2, 0) is 26.2 Å². The van der Waals surface area contributed by atoms with E-state index in [4.69, 9.17) is 4.74 Å². The Morgan fingerprint density at radius 1 is 0.909 bits per heavy atom. The van der Waals surface area contributed by atoms with Gasteiger partial charge in [-0.25, -0.2) is 4.39 Å². The van der Waals surface area contributed by atoms with Gasteiger partial charge in [0.15, 0.2) is 0 Å². The van der Waals surface area contributed by atoms with Crippen LogP contribution in [0.5, 0.6) is 5.75 Å². The van der Waals surface area contributed by atoms with E-state index in [1.165, 1.54) is 6.07 Å². The van der Waals surface area contributed by atoms with Crippen LogP contribution >= 0.6 is 0 Å². The SMILES string of the molecule is COc1ccc(CN(Cc2cccnc2)Cc2ccccc2F)cc1Cn1nc(C)cc1C. The van der Waals surface area contributed by atoms with Crippen molar-refractivity contribution in [2.45, 2.75) is 40.0 Å². The number of aromatic nitrogens is 3. The second-order valence-electron chi connectivity index (χ2n) is 8.33. The number of aryl methyl sites for hydroxylation is 2. The van der Waals surface area contributed by atoms with Gasteiger partial charge in [0.1, 0.15) is 11.6 Å². The lowest BCUT2D eigenvalue weighted by atomic mass is 10.1. The summed E-state index contributed by atoms with van der Waals surface area (Å²) in [5, 5.41) is 4.59. The highest BCUT2D eigenvalue weighted by atomic mass is 19.1. The van der Waals surface area contributed by atoms with E-state index in [9.17, 15) is 4.39 Å². The first-order chi connectivity index (χ1) is 16.0. The third-order valence-electron chi connectivity index (χ3n) is 5.66. The maximum Gasteiger partial charge on any atom is 0.127 e. The van der Waals surface area contributed by atoms with Gasteiger partial charge in [-0.3, -0.25) is 14.6 Å². The Hall–Kier alpha value is -3.51. The van der Waals surface area contributed by atoms with E-state index in [2.05, 4.69) is 40.1 Å². The minimum absolute atomic E-state index is 0.186. The monoisotopic (exact) mass is 444 g/mol. The normalized spacial score (nSPS) is 11.2. The molecule has 0 amide bonds. The third kappa shape index (κ3) is 5.84. The number of halogens is 1. The Morgan fingerprint density at radius 2 is 1.73 bits per heavy atom. The van der Waals surface area contributed by atoms with E-state index < -0.39 is 0 Å².